The quantitative estimate of drug-likeness (QED) is 0.861. The Bertz CT molecular complexity index is 433. The molecule has 2 aliphatic rings. The van der Waals surface area contributed by atoms with Gasteiger partial charge in [0.1, 0.15) is 0 Å². The van der Waals surface area contributed by atoms with Gasteiger partial charge in [-0.3, -0.25) is 0 Å². The Morgan fingerprint density at radius 1 is 1.28 bits per heavy atom. The van der Waals surface area contributed by atoms with Crippen LogP contribution in [0.2, 0.25) is 0 Å². The average Bonchev–Trinajstić information content (AvgIpc) is 3.02. The first-order valence-corrected chi connectivity index (χ1v) is 7.58. The second kappa shape index (κ2) is 4.73. The normalized spacial score (nSPS) is 30.3. The molecule has 0 saturated heterocycles. The van der Waals surface area contributed by atoms with Crippen LogP contribution in [0.4, 0.5) is 0 Å². The molecule has 2 heteroatoms. The first kappa shape index (κ1) is 12.3. The lowest BCUT2D eigenvalue weighted by Gasteiger charge is -2.23. The van der Waals surface area contributed by atoms with Gasteiger partial charge >= 0.3 is 0 Å². The molecule has 1 aromatic heterocycles. The van der Waals surface area contributed by atoms with Gasteiger partial charge in [-0.2, -0.15) is 0 Å². The summed E-state index contributed by atoms with van der Waals surface area (Å²) < 4.78 is 2.41. The van der Waals surface area contributed by atoms with Crippen LogP contribution in [0.5, 0.6) is 0 Å². The van der Waals surface area contributed by atoms with E-state index in [1.165, 1.54) is 42.6 Å². The summed E-state index contributed by atoms with van der Waals surface area (Å²) in [5, 5.41) is 3.82. The number of nitrogens with one attached hydrogen (secondary N) is 1. The number of fused-ring (bicyclic) bond motifs is 2. The van der Waals surface area contributed by atoms with Crippen molar-refractivity contribution < 1.29 is 0 Å². The molecule has 1 aromatic rings. The molecule has 2 fully saturated rings. The molecular weight excluding hydrogens is 220 g/mol. The van der Waals surface area contributed by atoms with E-state index in [2.05, 4.69) is 36.7 Å². The molecule has 2 saturated carbocycles. The van der Waals surface area contributed by atoms with Crippen LogP contribution in [0.15, 0.2) is 6.07 Å². The van der Waals surface area contributed by atoms with Gasteiger partial charge in [0.05, 0.1) is 0 Å². The molecule has 0 spiro atoms. The Kier molecular flexibility index (Phi) is 3.23. The van der Waals surface area contributed by atoms with Crippen molar-refractivity contribution >= 4 is 0 Å². The van der Waals surface area contributed by atoms with E-state index in [1.54, 1.807) is 0 Å². The fraction of sp³-hybridized carbons (Fsp3) is 0.750. The molecule has 1 heterocycles. The van der Waals surface area contributed by atoms with Gasteiger partial charge in [-0.1, -0.05) is 6.42 Å². The van der Waals surface area contributed by atoms with Crippen LogP contribution >= 0.6 is 0 Å². The van der Waals surface area contributed by atoms with Crippen LogP contribution in [0.25, 0.3) is 0 Å². The monoisotopic (exact) mass is 246 g/mol. The van der Waals surface area contributed by atoms with Crippen LogP contribution in [0, 0.1) is 25.7 Å². The maximum Gasteiger partial charge on any atom is 0.0226 e. The number of aryl methyl sites for hydroxylation is 1. The Morgan fingerprint density at radius 2 is 2.11 bits per heavy atom. The largest absolute Gasteiger partial charge is 0.349 e. The number of rotatable bonds is 4. The molecule has 2 aliphatic carbocycles. The summed E-state index contributed by atoms with van der Waals surface area (Å²) in [5.74, 6) is 2.01. The fourth-order valence-electron chi connectivity index (χ4n) is 4.27. The smallest absolute Gasteiger partial charge is 0.0226 e. The summed E-state index contributed by atoms with van der Waals surface area (Å²) in [5.41, 5.74) is 4.35. The van der Waals surface area contributed by atoms with E-state index >= 15 is 0 Å². The van der Waals surface area contributed by atoms with Gasteiger partial charge in [0.25, 0.3) is 0 Å². The minimum absolute atomic E-state index is 0.799. The lowest BCUT2D eigenvalue weighted by atomic mass is 9.95. The zero-order chi connectivity index (χ0) is 12.7. The lowest BCUT2D eigenvalue weighted by molar-refractivity contribution is 0.350. The summed E-state index contributed by atoms with van der Waals surface area (Å²) in [6.07, 6.45) is 5.88. The van der Waals surface area contributed by atoms with Gasteiger partial charge in [0, 0.05) is 30.5 Å². The van der Waals surface area contributed by atoms with Crippen LogP contribution in [0.1, 0.15) is 49.6 Å². The summed E-state index contributed by atoms with van der Waals surface area (Å²) in [6.45, 7) is 8.86. The Labute approximate surface area is 111 Å². The molecule has 18 heavy (non-hydrogen) atoms. The molecule has 100 valence electrons. The third kappa shape index (κ3) is 2.01. The number of aromatic nitrogens is 1. The molecule has 1 N–H and O–H groups in total. The third-order valence-corrected chi connectivity index (χ3v) is 5.29. The van der Waals surface area contributed by atoms with Crippen molar-refractivity contribution in [2.45, 2.75) is 65.6 Å². The third-order valence-electron chi connectivity index (χ3n) is 5.29. The highest BCUT2D eigenvalue weighted by atomic mass is 15.0. The van der Waals surface area contributed by atoms with E-state index in [-0.39, 0.29) is 0 Å². The van der Waals surface area contributed by atoms with Gasteiger partial charge in [0.2, 0.25) is 0 Å². The summed E-state index contributed by atoms with van der Waals surface area (Å²) in [7, 11) is 0. The SMILES string of the molecule is CCn1c(C)cc(CNC2CC3CCC2C3)c1C. The second-order valence-corrected chi connectivity index (χ2v) is 6.30. The predicted octanol–water partition coefficient (Wildman–Crippen LogP) is 3.40. The zero-order valence-electron chi connectivity index (χ0n) is 12.0. The highest BCUT2D eigenvalue weighted by Gasteiger charge is 2.39. The number of hydrogen-bond acceptors (Lipinski definition) is 1. The molecule has 2 bridgehead atoms. The van der Waals surface area contributed by atoms with Crippen molar-refractivity contribution in [3.63, 3.8) is 0 Å². The molecule has 0 radical (unpaired) electrons. The molecular formula is C16H26N2. The van der Waals surface area contributed by atoms with E-state index in [4.69, 9.17) is 0 Å². The molecule has 3 unspecified atom stereocenters. The van der Waals surface area contributed by atoms with Crippen LogP contribution in [0.3, 0.4) is 0 Å². The van der Waals surface area contributed by atoms with Crippen molar-refractivity contribution in [2.24, 2.45) is 11.8 Å². The minimum atomic E-state index is 0.799. The summed E-state index contributed by atoms with van der Waals surface area (Å²) in [6, 6.07) is 3.16. The second-order valence-electron chi connectivity index (χ2n) is 6.30. The number of nitrogens with zero attached hydrogens (tertiary/aromatic N) is 1. The van der Waals surface area contributed by atoms with E-state index in [1.807, 2.05) is 0 Å². The fourth-order valence-corrected chi connectivity index (χ4v) is 4.27. The van der Waals surface area contributed by atoms with Crippen LogP contribution in [-0.2, 0) is 13.1 Å². The van der Waals surface area contributed by atoms with Crippen molar-refractivity contribution in [1.82, 2.24) is 9.88 Å². The Hall–Kier alpha value is -0.760. The maximum atomic E-state index is 3.82. The highest BCUT2D eigenvalue weighted by molar-refractivity contribution is 5.26. The van der Waals surface area contributed by atoms with Gasteiger partial charge in [-0.25, -0.2) is 0 Å². The van der Waals surface area contributed by atoms with Gasteiger partial charge in [-0.15, -0.1) is 0 Å². The van der Waals surface area contributed by atoms with Gasteiger partial charge in [0.15, 0.2) is 0 Å². The molecule has 3 rings (SSSR count). The van der Waals surface area contributed by atoms with E-state index in [0.717, 1.165) is 31.0 Å². The van der Waals surface area contributed by atoms with Crippen LogP contribution < -0.4 is 5.32 Å². The molecule has 2 nitrogen and oxygen atoms in total. The molecule has 0 aliphatic heterocycles. The average molecular weight is 246 g/mol. The molecule has 0 amide bonds. The van der Waals surface area contributed by atoms with Gasteiger partial charge < -0.3 is 9.88 Å². The van der Waals surface area contributed by atoms with E-state index < -0.39 is 0 Å². The first-order valence-electron chi connectivity index (χ1n) is 7.58. The summed E-state index contributed by atoms with van der Waals surface area (Å²) in [4.78, 5) is 0. The lowest BCUT2D eigenvalue weighted by Crippen LogP contribution is -2.33. The van der Waals surface area contributed by atoms with Crippen molar-refractivity contribution in [3.05, 3.63) is 23.0 Å². The van der Waals surface area contributed by atoms with Crippen molar-refractivity contribution in [2.75, 3.05) is 0 Å². The summed E-state index contributed by atoms with van der Waals surface area (Å²) >= 11 is 0. The standard InChI is InChI=1S/C16H26N2/c1-4-18-11(2)7-15(12(18)3)10-17-16-9-13-5-6-14(16)8-13/h7,13-14,16-17H,4-6,8-10H2,1-3H3. The topological polar surface area (TPSA) is 17.0 Å². The Morgan fingerprint density at radius 3 is 2.67 bits per heavy atom. The van der Waals surface area contributed by atoms with E-state index in [0.29, 0.717) is 0 Å². The van der Waals surface area contributed by atoms with Crippen molar-refractivity contribution in [1.29, 1.82) is 0 Å². The first-order chi connectivity index (χ1) is 8.69. The molecule has 3 atom stereocenters. The van der Waals surface area contributed by atoms with E-state index in [9.17, 15) is 0 Å². The highest BCUT2D eigenvalue weighted by Crippen LogP contribution is 2.44. The maximum absolute atomic E-state index is 3.82. The Balaban J connectivity index is 1.63. The zero-order valence-corrected chi connectivity index (χ0v) is 12.0. The van der Waals surface area contributed by atoms with Crippen LogP contribution in [-0.4, -0.2) is 10.6 Å². The number of hydrogen-bond donors (Lipinski definition) is 1. The van der Waals surface area contributed by atoms with Gasteiger partial charge in [-0.05, 0) is 63.5 Å². The minimum Gasteiger partial charge on any atom is -0.349 e. The predicted molar refractivity (Wildman–Crippen MR) is 75.7 cm³/mol. The van der Waals surface area contributed by atoms with Crippen molar-refractivity contribution in [3.8, 4) is 0 Å². The molecule has 0 aromatic carbocycles.